The number of nitrogens with zero attached hydrogens (tertiary/aromatic N) is 2. The Morgan fingerprint density at radius 2 is 2.37 bits per heavy atom. The summed E-state index contributed by atoms with van der Waals surface area (Å²) in [6.45, 7) is 0.710. The number of nitrogens with one attached hydrogen (secondary N) is 2. The Labute approximate surface area is 113 Å². The lowest BCUT2D eigenvalue weighted by Gasteiger charge is -2.18. The second-order valence-electron chi connectivity index (χ2n) is 4.83. The Morgan fingerprint density at radius 1 is 1.58 bits per heavy atom. The van der Waals surface area contributed by atoms with Crippen LogP contribution in [-0.4, -0.2) is 50.8 Å². The molecule has 0 radical (unpaired) electrons. The quantitative estimate of drug-likeness (QED) is 0.827. The third-order valence-electron chi connectivity index (χ3n) is 3.28. The van der Waals surface area contributed by atoms with Crippen LogP contribution in [-0.2, 0) is 9.53 Å². The third kappa shape index (κ3) is 3.21. The first-order valence-corrected chi connectivity index (χ1v) is 6.30. The Hall–Kier alpha value is -1.66. The maximum atomic E-state index is 12.2. The largest absolute Gasteiger partial charge is 0.380 e. The minimum atomic E-state index is -0.208. The zero-order valence-electron chi connectivity index (χ0n) is 11.5. The number of hydrogen-bond acceptors (Lipinski definition) is 5. The van der Waals surface area contributed by atoms with E-state index in [0.29, 0.717) is 13.0 Å². The SMILES string of the molecule is COC1CNC(C(=O)Nc2cnccc2N(C)C)C1. The van der Waals surface area contributed by atoms with Crippen molar-refractivity contribution in [2.45, 2.75) is 18.6 Å². The van der Waals surface area contributed by atoms with Crippen LogP contribution in [0.3, 0.4) is 0 Å². The molecule has 0 bridgehead atoms. The summed E-state index contributed by atoms with van der Waals surface area (Å²) in [6.07, 6.45) is 4.17. The van der Waals surface area contributed by atoms with Crippen LogP contribution >= 0.6 is 0 Å². The van der Waals surface area contributed by atoms with Gasteiger partial charge in [0, 0.05) is 33.9 Å². The Balaban J connectivity index is 2.03. The summed E-state index contributed by atoms with van der Waals surface area (Å²) in [4.78, 5) is 18.2. The van der Waals surface area contributed by atoms with Crippen molar-refractivity contribution in [1.29, 1.82) is 0 Å². The molecule has 2 heterocycles. The van der Waals surface area contributed by atoms with Crippen molar-refractivity contribution < 1.29 is 9.53 Å². The average Bonchev–Trinajstić information content (AvgIpc) is 2.88. The van der Waals surface area contributed by atoms with Gasteiger partial charge in [0.1, 0.15) is 0 Å². The smallest absolute Gasteiger partial charge is 0.241 e. The number of ether oxygens (including phenoxy) is 1. The number of hydrogen-bond donors (Lipinski definition) is 2. The van der Waals surface area contributed by atoms with Gasteiger partial charge >= 0.3 is 0 Å². The molecule has 1 aromatic heterocycles. The van der Waals surface area contributed by atoms with Gasteiger partial charge in [0.2, 0.25) is 5.91 Å². The monoisotopic (exact) mass is 264 g/mol. The van der Waals surface area contributed by atoms with E-state index >= 15 is 0 Å². The molecule has 1 aliphatic heterocycles. The van der Waals surface area contributed by atoms with E-state index in [9.17, 15) is 4.79 Å². The van der Waals surface area contributed by atoms with Crippen molar-refractivity contribution in [1.82, 2.24) is 10.3 Å². The van der Waals surface area contributed by atoms with Gasteiger partial charge in [0.05, 0.1) is 29.7 Å². The van der Waals surface area contributed by atoms with E-state index in [1.54, 1.807) is 19.5 Å². The van der Waals surface area contributed by atoms with Gasteiger partial charge in [0.25, 0.3) is 0 Å². The van der Waals surface area contributed by atoms with Gasteiger partial charge in [-0.05, 0) is 12.5 Å². The molecular weight excluding hydrogens is 244 g/mol. The molecule has 6 nitrogen and oxygen atoms in total. The molecule has 104 valence electrons. The second kappa shape index (κ2) is 5.99. The van der Waals surface area contributed by atoms with Gasteiger partial charge in [-0.1, -0.05) is 0 Å². The van der Waals surface area contributed by atoms with E-state index in [1.165, 1.54) is 0 Å². The van der Waals surface area contributed by atoms with Crippen LogP contribution in [0.4, 0.5) is 11.4 Å². The van der Waals surface area contributed by atoms with Crippen molar-refractivity contribution >= 4 is 17.3 Å². The molecule has 2 unspecified atom stereocenters. The van der Waals surface area contributed by atoms with Crippen LogP contribution in [0.15, 0.2) is 18.5 Å². The van der Waals surface area contributed by atoms with Crippen LogP contribution in [0.5, 0.6) is 0 Å². The van der Waals surface area contributed by atoms with Crippen LogP contribution in [0.2, 0.25) is 0 Å². The lowest BCUT2D eigenvalue weighted by atomic mass is 10.2. The third-order valence-corrected chi connectivity index (χ3v) is 3.28. The average molecular weight is 264 g/mol. The van der Waals surface area contributed by atoms with Crippen molar-refractivity contribution in [2.24, 2.45) is 0 Å². The number of rotatable bonds is 4. The van der Waals surface area contributed by atoms with E-state index in [1.807, 2.05) is 25.1 Å². The minimum absolute atomic E-state index is 0.0457. The van der Waals surface area contributed by atoms with Crippen molar-refractivity contribution in [2.75, 3.05) is 38.0 Å². The second-order valence-corrected chi connectivity index (χ2v) is 4.83. The lowest BCUT2D eigenvalue weighted by Crippen LogP contribution is -2.35. The van der Waals surface area contributed by atoms with Gasteiger partial charge in [-0.15, -0.1) is 0 Å². The highest BCUT2D eigenvalue weighted by Crippen LogP contribution is 2.23. The summed E-state index contributed by atoms with van der Waals surface area (Å²) in [6, 6.07) is 1.66. The van der Waals surface area contributed by atoms with Crippen molar-refractivity contribution in [3.05, 3.63) is 18.5 Å². The fraction of sp³-hybridized carbons (Fsp3) is 0.538. The predicted octanol–water partition coefficient (Wildman–Crippen LogP) is 0.463. The van der Waals surface area contributed by atoms with Gasteiger partial charge in [0.15, 0.2) is 0 Å². The standard InChI is InChI=1S/C13H20N4O2/c1-17(2)12-4-5-14-8-11(12)16-13(18)10-6-9(19-3)7-15-10/h4-5,8-10,15H,6-7H2,1-3H3,(H,16,18). The molecule has 1 fully saturated rings. The number of methoxy groups -OCH3 is 1. The number of anilines is 2. The summed E-state index contributed by atoms with van der Waals surface area (Å²) < 4.78 is 5.24. The number of aromatic nitrogens is 1. The number of amides is 1. The van der Waals surface area contributed by atoms with Crippen molar-refractivity contribution in [3.8, 4) is 0 Å². The van der Waals surface area contributed by atoms with Crippen LogP contribution < -0.4 is 15.5 Å². The summed E-state index contributed by atoms with van der Waals surface area (Å²) in [5.41, 5.74) is 1.66. The highest BCUT2D eigenvalue weighted by molar-refractivity contribution is 5.97. The molecule has 0 aromatic carbocycles. The molecule has 0 saturated carbocycles. The molecule has 6 heteroatoms. The van der Waals surface area contributed by atoms with Gasteiger partial charge < -0.3 is 20.3 Å². The minimum Gasteiger partial charge on any atom is -0.380 e. The highest BCUT2D eigenvalue weighted by atomic mass is 16.5. The molecule has 2 rings (SSSR count). The fourth-order valence-corrected chi connectivity index (χ4v) is 2.18. The first-order valence-electron chi connectivity index (χ1n) is 6.30. The zero-order chi connectivity index (χ0) is 13.8. The topological polar surface area (TPSA) is 66.5 Å². The molecule has 0 spiro atoms. The van der Waals surface area contributed by atoms with Gasteiger partial charge in [-0.3, -0.25) is 9.78 Å². The van der Waals surface area contributed by atoms with Gasteiger partial charge in [-0.25, -0.2) is 0 Å². The maximum absolute atomic E-state index is 12.2. The number of pyridine rings is 1. The molecule has 1 saturated heterocycles. The summed E-state index contributed by atoms with van der Waals surface area (Å²) >= 11 is 0. The predicted molar refractivity (Wildman–Crippen MR) is 74.4 cm³/mol. The van der Waals surface area contributed by atoms with Crippen LogP contribution in [0, 0.1) is 0 Å². The maximum Gasteiger partial charge on any atom is 0.241 e. The van der Waals surface area contributed by atoms with E-state index in [4.69, 9.17) is 4.74 Å². The number of carbonyl (C=O) groups is 1. The van der Waals surface area contributed by atoms with E-state index < -0.39 is 0 Å². The van der Waals surface area contributed by atoms with E-state index in [-0.39, 0.29) is 18.1 Å². The molecule has 2 N–H and O–H groups in total. The Bertz CT molecular complexity index is 450. The fourth-order valence-electron chi connectivity index (χ4n) is 2.18. The van der Waals surface area contributed by atoms with Gasteiger partial charge in [-0.2, -0.15) is 0 Å². The summed E-state index contributed by atoms with van der Waals surface area (Å²) in [5, 5.41) is 6.07. The van der Waals surface area contributed by atoms with Crippen LogP contribution in [0.1, 0.15) is 6.42 Å². The molecule has 1 aliphatic rings. The normalized spacial score (nSPS) is 22.3. The Morgan fingerprint density at radius 3 is 3.00 bits per heavy atom. The Kier molecular flexibility index (Phi) is 4.34. The summed E-state index contributed by atoms with van der Waals surface area (Å²) in [7, 11) is 5.53. The molecule has 1 amide bonds. The number of carbonyl (C=O) groups excluding carboxylic acids is 1. The first kappa shape index (κ1) is 13.8. The highest BCUT2D eigenvalue weighted by Gasteiger charge is 2.29. The molecule has 19 heavy (non-hydrogen) atoms. The molecule has 1 aromatic rings. The van der Waals surface area contributed by atoms with E-state index in [0.717, 1.165) is 11.4 Å². The molecule has 2 atom stereocenters. The van der Waals surface area contributed by atoms with E-state index in [2.05, 4.69) is 15.6 Å². The van der Waals surface area contributed by atoms with Crippen molar-refractivity contribution in [3.63, 3.8) is 0 Å². The summed E-state index contributed by atoms with van der Waals surface area (Å²) in [5.74, 6) is -0.0457. The zero-order valence-corrected chi connectivity index (χ0v) is 11.5. The molecular formula is C13H20N4O2. The lowest BCUT2D eigenvalue weighted by molar-refractivity contribution is -0.118. The molecule has 0 aliphatic carbocycles. The first-order chi connectivity index (χ1) is 9.11. The van der Waals surface area contributed by atoms with Crippen LogP contribution in [0.25, 0.3) is 0 Å².